The number of aryl methyl sites for hydroxylation is 2. The Hall–Kier alpha value is -2.68. The first-order valence-corrected chi connectivity index (χ1v) is 12.9. The molecule has 0 saturated heterocycles. The number of amides is 1. The summed E-state index contributed by atoms with van der Waals surface area (Å²) in [5.74, 6) is -0.00499. The lowest BCUT2D eigenvalue weighted by atomic mass is 10.0. The van der Waals surface area contributed by atoms with Crippen LogP contribution in [0.1, 0.15) is 92.6 Å². The van der Waals surface area contributed by atoms with Crippen LogP contribution in [0.4, 0.5) is 0 Å². The average Bonchev–Trinajstić information content (AvgIpc) is 2.83. The Balaban J connectivity index is 1.55. The molecule has 1 amide bonds. The third kappa shape index (κ3) is 7.42. The number of carbonyl (C=O) groups is 1. The van der Waals surface area contributed by atoms with E-state index < -0.39 is 0 Å². The lowest BCUT2D eigenvalue weighted by Crippen LogP contribution is -2.24. The van der Waals surface area contributed by atoms with Gasteiger partial charge >= 0.3 is 0 Å². The second-order valence-electron chi connectivity index (χ2n) is 9.31. The zero-order valence-corrected chi connectivity index (χ0v) is 20.8. The summed E-state index contributed by atoms with van der Waals surface area (Å²) < 4.78 is 0. The Kier molecular flexibility index (Phi) is 9.93. The summed E-state index contributed by atoms with van der Waals surface area (Å²) >= 11 is 0. The van der Waals surface area contributed by atoms with Gasteiger partial charge in [0.05, 0.1) is 16.8 Å². The first kappa shape index (κ1) is 25.0. The van der Waals surface area contributed by atoms with Crippen molar-refractivity contribution in [3.63, 3.8) is 0 Å². The van der Waals surface area contributed by atoms with Crippen LogP contribution >= 0.6 is 0 Å². The van der Waals surface area contributed by atoms with Crippen molar-refractivity contribution in [2.24, 2.45) is 0 Å². The Labute approximate surface area is 200 Å². The predicted octanol–water partition coefficient (Wildman–Crippen LogP) is 8.17. The van der Waals surface area contributed by atoms with Crippen LogP contribution in [0.2, 0.25) is 0 Å². The number of pyridine rings is 1. The van der Waals surface area contributed by atoms with Crippen LogP contribution < -0.4 is 5.32 Å². The molecule has 0 aliphatic rings. The van der Waals surface area contributed by atoms with E-state index in [0.717, 1.165) is 35.1 Å². The number of aromatic nitrogens is 1. The zero-order chi connectivity index (χ0) is 23.5. The number of unbranched alkanes of at least 4 members (excludes halogenated alkanes) is 9. The summed E-state index contributed by atoms with van der Waals surface area (Å²) in [7, 11) is 0. The number of hydrogen-bond acceptors (Lipinski definition) is 2. The van der Waals surface area contributed by atoms with Crippen molar-refractivity contribution in [2.45, 2.75) is 85.0 Å². The van der Waals surface area contributed by atoms with Crippen LogP contribution in [0.5, 0.6) is 0 Å². The fourth-order valence-electron chi connectivity index (χ4n) is 4.32. The molecule has 3 nitrogen and oxygen atoms in total. The van der Waals surface area contributed by atoms with E-state index in [2.05, 4.69) is 44.3 Å². The Morgan fingerprint density at radius 1 is 0.788 bits per heavy atom. The van der Waals surface area contributed by atoms with Gasteiger partial charge < -0.3 is 5.32 Å². The number of fused-ring (bicyclic) bond motifs is 1. The number of carbonyl (C=O) groups excluding carboxylic acids is 1. The van der Waals surface area contributed by atoms with E-state index in [1.807, 2.05) is 30.3 Å². The number of hydrogen-bond donors (Lipinski definition) is 1. The lowest BCUT2D eigenvalue weighted by molar-refractivity contribution is 0.0954. The summed E-state index contributed by atoms with van der Waals surface area (Å²) in [5, 5.41) is 4.06. The molecule has 1 heterocycles. The minimum atomic E-state index is -0.00499. The zero-order valence-electron chi connectivity index (χ0n) is 20.8. The maximum absolute atomic E-state index is 13.1. The van der Waals surface area contributed by atoms with Crippen LogP contribution in [0.15, 0.2) is 48.5 Å². The summed E-state index contributed by atoms with van der Waals surface area (Å²) in [5.41, 5.74) is 5.95. The molecular formula is C30H40N2O. The maximum atomic E-state index is 13.1. The van der Waals surface area contributed by atoms with Crippen LogP contribution in [0, 0.1) is 13.8 Å². The van der Waals surface area contributed by atoms with Crippen molar-refractivity contribution in [3.05, 3.63) is 65.2 Å². The van der Waals surface area contributed by atoms with Crippen LogP contribution in [-0.2, 0) is 0 Å². The normalized spacial score (nSPS) is 11.1. The Morgan fingerprint density at radius 3 is 2.15 bits per heavy atom. The van der Waals surface area contributed by atoms with Gasteiger partial charge in [0, 0.05) is 17.5 Å². The van der Waals surface area contributed by atoms with Gasteiger partial charge in [0.1, 0.15) is 0 Å². The van der Waals surface area contributed by atoms with E-state index in [9.17, 15) is 4.79 Å². The third-order valence-corrected chi connectivity index (χ3v) is 6.58. The molecule has 1 aromatic heterocycles. The highest BCUT2D eigenvalue weighted by Crippen LogP contribution is 2.26. The van der Waals surface area contributed by atoms with E-state index in [1.165, 1.54) is 68.9 Å². The van der Waals surface area contributed by atoms with Gasteiger partial charge in [0.25, 0.3) is 5.91 Å². The number of para-hydroxylation sites is 1. The molecule has 3 aromatic rings. The molecule has 0 fully saturated rings. The molecule has 176 valence electrons. The van der Waals surface area contributed by atoms with Gasteiger partial charge in [-0.2, -0.15) is 0 Å². The van der Waals surface area contributed by atoms with E-state index in [4.69, 9.17) is 4.98 Å². The molecule has 0 unspecified atom stereocenters. The highest BCUT2D eigenvalue weighted by molar-refractivity contribution is 6.07. The molecule has 3 heteroatoms. The molecule has 0 bridgehead atoms. The van der Waals surface area contributed by atoms with E-state index in [1.54, 1.807) is 0 Å². The van der Waals surface area contributed by atoms with Crippen molar-refractivity contribution in [2.75, 3.05) is 6.54 Å². The minimum Gasteiger partial charge on any atom is -0.352 e. The Morgan fingerprint density at radius 2 is 1.45 bits per heavy atom. The fourth-order valence-corrected chi connectivity index (χ4v) is 4.32. The molecule has 3 rings (SSSR count). The standard InChI is InChI=1S/C30H40N2O/c1-4-5-6-7-8-9-10-11-12-15-20-31-30(33)27-22-29(25-19-18-23(2)24(3)21-25)32-28-17-14-13-16-26(27)28/h13-14,16-19,21-22H,4-12,15,20H2,1-3H3,(H,31,33). The second-order valence-corrected chi connectivity index (χ2v) is 9.31. The van der Waals surface area contributed by atoms with Gasteiger partial charge in [-0.25, -0.2) is 4.98 Å². The highest BCUT2D eigenvalue weighted by atomic mass is 16.1. The molecule has 0 aliphatic heterocycles. The van der Waals surface area contributed by atoms with E-state index in [0.29, 0.717) is 5.56 Å². The average molecular weight is 445 g/mol. The van der Waals surface area contributed by atoms with Crippen LogP contribution in [0.3, 0.4) is 0 Å². The van der Waals surface area contributed by atoms with Crippen molar-refractivity contribution < 1.29 is 4.79 Å². The summed E-state index contributed by atoms with van der Waals surface area (Å²) in [6.45, 7) is 7.21. The largest absolute Gasteiger partial charge is 0.352 e. The van der Waals surface area contributed by atoms with Gasteiger partial charge in [-0.15, -0.1) is 0 Å². The van der Waals surface area contributed by atoms with Crippen LogP contribution in [0.25, 0.3) is 22.2 Å². The lowest BCUT2D eigenvalue weighted by Gasteiger charge is -2.11. The van der Waals surface area contributed by atoms with Gasteiger partial charge in [-0.3, -0.25) is 4.79 Å². The number of benzene rings is 2. The van der Waals surface area contributed by atoms with Crippen molar-refractivity contribution in [1.29, 1.82) is 0 Å². The number of rotatable bonds is 13. The molecule has 0 saturated carbocycles. The van der Waals surface area contributed by atoms with Gasteiger partial charge in [-0.1, -0.05) is 95.0 Å². The number of nitrogens with zero attached hydrogens (tertiary/aromatic N) is 1. The monoisotopic (exact) mass is 444 g/mol. The minimum absolute atomic E-state index is 0.00499. The fraction of sp³-hybridized carbons (Fsp3) is 0.467. The van der Waals surface area contributed by atoms with Gasteiger partial charge in [-0.05, 0) is 49.6 Å². The SMILES string of the molecule is CCCCCCCCCCCCNC(=O)c1cc(-c2ccc(C)c(C)c2)nc2ccccc12. The molecule has 33 heavy (non-hydrogen) atoms. The smallest absolute Gasteiger partial charge is 0.252 e. The molecule has 0 spiro atoms. The molecular weight excluding hydrogens is 404 g/mol. The summed E-state index contributed by atoms with van der Waals surface area (Å²) in [4.78, 5) is 17.9. The molecule has 0 atom stereocenters. The maximum Gasteiger partial charge on any atom is 0.252 e. The van der Waals surface area contributed by atoms with Gasteiger partial charge in [0.2, 0.25) is 0 Å². The van der Waals surface area contributed by atoms with Crippen molar-refractivity contribution >= 4 is 16.8 Å². The summed E-state index contributed by atoms with van der Waals surface area (Å²) in [6, 6.07) is 16.2. The quantitative estimate of drug-likeness (QED) is 0.270. The summed E-state index contributed by atoms with van der Waals surface area (Å²) in [6.07, 6.45) is 13.0. The van der Waals surface area contributed by atoms with Crippen molar-refractivity contribution in [3.8, 4) is 11.3 Å². The second kappa shape index (κ2) is 13.1. The van der Waals surface area contributed by atoms with Gasteiger partial charge in [0.15, 0.2) is 0 Å². The first-order valence-electron chi connectivity index (χ1n) is 12.9. The van der Waals surface area contributed by atoms with E-state index >= 15 is 0 Å². The van der Waals surface area contributed by atoms with Crippen LogP contribution in [-0.4, -0.2) is 17.4 Å². The Bertz CT molecular complexity index is 1040. The van der Waals surface area contributed by atoms with E-state index in [-0.39, 0.29) is 5.91 Å². The third-order valence-electron chi connectivity index (χ3n) is 6.58. The topological polar surface area (TPSA) is 42.0 Å². The highest BCUT2D eigenvalue weighted by Gasteiger charge is 2.14. The predicted molar refractivity (Wildman–Crippen MR) is 141 cm³/mol. The molecule has 1 N–H and O–H groups in total. The first-order chi connectivity index (χ1) is 16.1. The molecule has 0 aliphatic carbocycles. The molecule has 0 radical (unpaired) electrons. The van der Waals surface area contributed by atoms with Crippen molar-refractivity contribution in [1.82, 2.24) is 10.3 Å². The number of nitrogens with one attached hydrogen (secondary N) is 1. The molecule has 2 aromatic carbocycles.